The smallest absolute Gasteiger partial charge is 0.175 e. The standard InChI is InChI=1S/C9H9NO2S2/c1-14(11,12)9-4-2-8(3-5-9)13-7-6-10/h2-5H,7H2,1H3. The summed E-state index contributed by atoms with van der Waals surface area (Å²) in [6.07, 6.45) is 1.17. The Morgan fingerprint density at radius 2 is 1.93 bits per heavy atom. The largest absolute Gasteiger partial charge is 0.224 e. The van der Waals surface area contributed by atoms with Crippen molar-refractivity contribution in [3.8, 4) is 6.07 Å². The lowest BCUT2D eigenvalue weighted by Crippen LogP contribution is -1.95. The number of thioether (sulfide) groups is 1. The van der Waals surface area contributed by atoms with Crippen molar-refractivity contribution in [2.45, 2.75) is 9.79 Å². The Kier molecular flexibility index (Phi) is 3.55. The van der Waals surface area contributed by atoms with Crippen molar-refractivity contribution in [2.75, 3.05) is 12.0 Å². The van der Waals surface area contributed by atoms with E-state index in [2.05, 4.69) is 0 Å². The van der Waals surface area contributed by atoms with Crippen LogP contribution in [0.2, 0.25) is 0 Å². The molecular formula is C9H9NO2S2. The lowest BCUT2D eigenvalue weighted by molar-refractivity contribution is 0.602. The molecule has 0 aromatic heterocycles. The number of hydrogen-bond donors (Lipinski definition) is 0. The topological polar surface area (TPSA) is 57.9 Å². The Morgan fingerprint density at radius 1 is 1.36 bits per heavy atom. The average molecular weight is 227 g/mol. The molecule has 0 aliphatic carbocycles. The minimum atomic E-state index is -3.11. The molecule has 3 nitrogen and oxygen atoms in total. The maximum Gasteiger partial charge on any atom is 0.175 e. The fraction of sp³-hybridized carbons (Fsp3) is 0.222. The monoisotopic (exact) mass is 227 g/mol. The molecule has 0 saturated carbocycles. The summed E-state index contributed by atoms with van der Waals surface area (Å²) in [5.74, 6) is 0.373. The molecular weight excluding hydrogens is 218 g/mol. The van der Waals surface area contributed by atoms with Crippen LogP contribution in [0.1, 0.15) is 0 Å². The maximum atomic E-state index is 11.1. The summed E-state index contributed by atoms with van der Waals surface area (Å²) in [6, 6.07) is 8.52. The van der Waals surface area contributed by atoms with Gasteiger partial charge in [0.25, 0.3) is 0 Å². The lowest BCUT2D eigenvalue weighted by atomic mass is 10.4. The third-order valence-corrected chi connectivity index (χ3v) is 3.56. The van der Waals surface area contributed by atoms with Gasteiger partial charge in [0.05, 0.1) is 16.7 Å². The van der Waals surface area contributed by atoms with Crippen molar-refractivity contribution in [1.29, 1.82) is 5.26 Å². The molecule has 0 aliphatic heterocycles. The first-order valence-electron chi connectivity index (χ1n) is 3.84. The molecule has 0 bridgehead atoms. The van der Waals surface area contributed by atoms with Gasteiger partial charge < -0.3 is 0 Å². The van der Waals surface area contributed by atoms with E-state index in [1.807, 2.05) is 6.07 Å². The fourth-order valence-electron chi connectivity index (χ4n) is 0.899. The van der Waals surface area contributed by atoms with Gasteiger partial charge >= 0.3 is 0 Å². The van der Waals surface area contributed by atoms with Crippen LogP contribution in [0.3, 0.4) is 0 Å². The zero-order chi connectivity index (χ0) is 10.6. The van der Waals surface area contributed by atoms with Gasteiger partial charge in [0.1, 0.15) is 0 Å². The minimum Gasteiger partial charge on any atom is -0.224 e. The number of rotatable bonds is 3. The number of nitriles is 1. The van der Waals surface area contributed by atoms with Crippen LogP contribution < -0.4 is 0 Å². The highest BCUT2D eigenvalue weighted by Crippen LogP contribution is 2.19. The summed E-state index contributed by atoms with van der Waals surface area (Å²) in [5, 5.41) is 8.34. The van der Waals surface area contributed by atoms with Gasteiger partial charge in [0.2, 0.25) is 0 Å². The first-order chi connectivity index (χ1) is 6.54. The highest BCUT2D eigenvalue weighted by Gasteiger charge is 2.05. The quantitative estimate of drug-likeness (QED) is 0.737. The van der Waals surface area contributed by atoms with Crippen LogP contribution >= 0.6 is 11.8 Å². The van der Waals surface area contributed by atoms with Gasteiger partial charge in [-0.15, -0.1) is 11.8 Å². The maximum absolute atomic E-state index is 11.1. The molecule has 0 heterocycles. The molecule has 5 heteroatoms. The van der Waals surface area contributed by atoms with E-state index in [0.717, 1.165) is 4.90 Å². The van der Waals surface area contributed by atoms with E-state index in [9.17, 15) is 8.42 Å². The molecule has 0 aliphatic rings. The van der Waals surface area contributed by atoms with Gasteiger partial charge in [-0.25, -0.2) is 8.42 Å². The number of benzene rings is 1. The molecule has 1 aromatic rings. The zero-order valence-electron chi connectivity index (χ0n) is 7.60. The van der Waals surface area contributed by atoms with E-state index < -0.39 is 9.84 Å². The normalized spacial score (nSPS) is 10.9. The Balaban J connectivity index is 2.86. The van der Waals surface area contributed by atoms with Gasteiger partial charge in [0.15, 0.2) is 9.84 Å². The highest BCUT2D eigenvalue weighted by atomic mass is 32.2. The third kappa shape index (κ3) is 3.05. The fourth-order valence-corrected chi connectivity index (χ4v) is 2.09. The van der Waals surface area contributed by atoms with Crippen molar-refractivity contribution >= 4 is 21.6 Å². The SMILES string of the molecule is CS(=O)(=O)c1ccc(SCC#N)cc1. The third-order valence-electron chi connectivity index (χ3n) is 1.56. The Bertz CT molecular complexity index is 443. The average Bonchev–Trinajstić information content (AvgIpc) is 2.14. The number of sulfone groups is 1. The minimum absolute atomic E-state index is 0.304. The van der Waals surface area contributed by atoms with Crippen molar-refractivity contribution < 1.29 is 8.42 Å². The lowest BCUT2D eigenvalue weighted by Gasteiger charge is -1.99. The molecule has 0 radical (unpaired) electrons. The summed E-state index contributed by atoms with van der Waals surface area (Å²) in [6.45, 7) is 0. The van der Waals surface area contributed by atoms with Gasteiger partial charge in [0, 0.05) is 11.2 Å². The molecule has 0 N–H and O–H groups in total. The van der Waals surface area contributed by atoms with E-state index in [0.29, 0.717) is 10.6 Å². The molecule has 0 fully saturated rings. The van der Waals surface area contributed by atoms with Crippen molar-refractivity contribution in [2.24, 2.45) is 0 Å². The van der Waals surface area contributed by atoms with Crippen molar-refractivity contribution in [3.05, 3.63) is 24.3 Å². The zero-order valence-corrected chi connectivity index (χ0v) is 9.23. The van der Waals surface area contributed by atoms with Gasteiger partial charge in [-0.3, -0.25) is 0 Å². The molecule has 0 unspecified atom stereocenters. The highest BCUT2D eigenvalue weighted by molar-refractivity contribution is 7.99. The van der Waals surface area contributed by atoms with Crippen molar-refractivity contribution in [1.82, 2.24) is 0 Å². The molecule has 0 amide bonds. The van der Waals surface area contributed by atoms with E-state index in [1.165, 1.54) is 18.0 Å². The Labute approximate surface area is 87.7 Å². The van der Waals surface area contributed by atoms with Crippen LogP contribution in [-0.4, -0.2) is 20.4 Å². The number of hydrogen-bond acceptors (Lipinski definition) is 4. The molecule has 0 atom stereocenters. The van der Waals surface area contributed by atoms with E-state index in [-0.39, 0.29) is 0 Å². The first kappa shape index (κ1) is 11.1. The van der Waals surface area contributed by atoms with E-state index in [1.54, 1.807) is 24.3 Å². The summed E-state index contributed by atoms with van der Waals surface area (Å²) >= 11 is 1.38. The molecule has 0 spiro atoms. The van der Waals surface area contributed by atoms with Crippen LogP contribution in [0.15, 0.2) is 34.1 Å². The van der Waals surface area contributed by atoms with Gasteiger partial charge in [-0.2, -0.15) is 5.26 Å². The molecule has 1 aromatic carbocycles. The van der Waals surface area contributed by atoms with E-state index >= 15 is 0 Å². The van der Waals surface area contributed by atoms with Crippen LogP contribution in [0, 0.1) is 11.3 Å². The van der Waals surface area contributed by atoms with Crippen LogP contribution in [0.5, 0.6) is 0 Å². The molecule has 1 rings (SSSR count). The predicted octanol–water partition coefficient (Wildman–Crippen LogP) is 1.71. The summed E-state index contributed by atoms with van der Waals surface area (Å²) in [4.78, 5) is 1.21. The second-order valence-electron chi connectivity index (χ2n) is 2.69. The predicted molar refractivity (Wildman–Crippen MR) is 55.9 cm³/mol. The molecule has 14 heavy (non-hydrogen) atoms. The van der Waals surface area contributed by atoms with Gasteiger partial charge in [-0.1, -0.05) is 0 Å². The Hall–Kier alpha value is -0.990. The second kappa shape index (κ2) is 4.49. The van der Waals surface area contributed by atoms with Crippen molar-refractivity contribution in [3.63, 3.8) is 0 Å². The first-order valence-corrected chi connectivity index (χ1v) is 6.71. The Morgan fingerprint density at radius 3 is 2.36 bits per heavy atom. The van der Waals surface area contributed by atoms with Gasteiger partial charge in [-0.05, 0) is 24.3 Å². The summed E-state index contributed by atoms with van der Waals surface area (Å²) in [5.41, 5.74) is 0. The van der Waals surface area contributed by atoms with Crippen LogP contribution in [-0.2, 0) is 9.84 Å². The molecule has 0 saturated heterocycles. The van der Waals surface area contributed by atoms with Crippen LogP contribution in [0.4, 0.5) is 0 Å². The summed E-state index contributed by atoms with van der Waals surface area (Å²) < 4.78 is 22.2. The molecule has 74 valence electrons. The number of nitrogens with zero attached hydrogens (tertiary/aromatic N) is 1. The second-order valence-corrected chi connectivity index (χ2v) is 5.75. The summed E-state index contributed by atoms with van der Waals surface area (Å²) in [7, 11) is -3.11. The van der Waals surface area contributed by atoms with Crippen LogP contribution in [0.25, 0.3) is 0 Å². The van der Waals surface area contributed by atoms with E-state index in [4.69, 9.17) is 5.26 Å².